The Hall–Kier alpha value is -6.64. The Morgan fingerprint density at radius 2 is 0.660 bits per heavy atom. The molecule has 0 atom stereocenters. The molecular weight excluding hydrogens is 605 g/mol. The minimum absolute atomic E-state index is 1.09. The molecule has 8 aromatic carbocycles. The summed E-state index contributed by atoms with van der Waals surface area (Å²) < 4.78 is 2.37. The fraction of sp³-hybridized carbons (Fsp3) is 0. The summed E-state index contributed by atoms with van der Waals surface area (Å²) in [5.74, 6) is 0. The molecule has 0 unspecified atom stereocenters. The Kier molecular flexibility index (Phi) is 7.53. The van der Waals surface area contributed by atoms with Crippen molar-refractivity contribution in [3.05, 3.63) is 206 Å². The first kappa shape index (κ1) is 29.5. The van der Waals surface area contributed by atoms with Gasteiger partial charge in [-0.25, -0.2) is 0 Å². The smallest absolute Gasteiger partial charge is 0.0541 e. The average molecular weight is 639 g/mol. The molecule has 0 saturated heterocycles. The number of fused-ring (bicyclic) bond motifs is 3. The zero-order chi connectivity index (χ0) is 33.3. The predicted molar refractivity (Wildman–Crippen MR) is 212 cm³/mol. The lowest BCUT2D eigenvalue weighted by Gasteiger charge is -2.27. The van der Waals surface area contributed by atoms with E-state index in [1.807, 2.05) is 0 Å². The van der Waals surface area contributed by atoms with Gasteiger partial charge in [-0.15, -0.1) is 0 Å². The van der Waals surface area contributed by atoms with Crippen molar-refractivity contribution >= 4 is 38.9 Å². The quantitative estimate of drug-likeness (QED) is 0.169. The van der Waals surface area contributed by atoms with Crippen molar-refractivity contribution in [2.75, 3.05) is 4.90 Å². The van der Waals surface area contributed by atoms with E-state index in [9.17, 15) is 0 Å². The second kappa shape index (κ2) is 12.8. The molecule has 0 aliphatic rings. The molecule has 0 fully saturated rings. The molecule has 0 amide bonds. The van der Waals surface area contributed by atoms with Crippen LogP contribution in [0.5, 0.6) is 0 Å². The fourth-order valence-electron chi connectivity index (χ4n) is 7.17. The van der Waals surface area contributed by atoms with Crippen LogP contribution >= 0.6 is 0 Å². The highest BCUT2D eigenvalue weighted by molar-refractivity contribution is 6.09. The first-order valence-corrected chi connectivity index (χ1v) is 17.1. The zero-order valence-electron chi connectivity index (χ0n) is 27.5. The number of aromatic nitrogens is 1. The monoisotopic (exact) mass is 638 g/mol. The van der Waals surface area contributed by atoms with E-state index in [-0.39, 0.29) is 0 Å². The van der Waals surface area contributed by atoms with E-state index < -0.39 is 0 Å². The van der Waals surface area contributed by atoms with Crippen LogP contribution in [-0.2, 0) is 0 Å². The van der Waals surface area contributed by atoms with Crippen molar-refractivity contribution in [2.24, 2.45) is 0 Å². The molecule has 0 radical (unpaired) electrons. The summed E-state index contributed by atoms with van der Waals surface area (Å²) in [4.78, 5) is 2.38. The van der Waals surface area contributed by atoms with Gasteiger partial charge in [0.15, 0.2) is 0 Å². The molecular formula is C48H34N2. The van der Waals surface area contributed by atoms with Crippen LogP contribution in [-0.4, -0.2) is 4.57 Å². The summed E-state index contributed by atoms with van der Waals surface area (Å²) in [6, 6.07) is 74.1. The average Bonchev–Trinajstić information content (AvgIpc) is 3.54. The van der Waals surface area contributed by atoms with Gasteiger partial charge in [0.25, 0.3) is 0 Å². The Morgan fingerprint density at radius 1 is 0.280 bits per heavy atom. The predicted octanol–water partition coefficient (Wildman–Crippen LogP) is 13.3. The number of nitrogens with zero attached hydrogens (tertiary/aromatic N) is 2. The van der Waals surface area contributed by atoms with Crippen LogP contribution in [0.1, 0.15) is 0 Å². The first-order valence-electron chi connectivity index (χ1n) is 17.1. The lowest BCUT2D eigenvalue weighted by Crippen LogP contribution is -2.10. The summed E-state index contributed by atoms with van der Waals surface area (Å²) in [7, 11) is 0. The molecule has 0 aliphatic carbocycles. The summed E-state index contributed by atoms with van der Waals surface area (Å²) >= 11 is 0. The number of anilines is 3. The van der Waals surface area contributed by atoms with Gasteiger partial charge in [-0.2, -0.15) is 0 Å². The summed E-state index contributed by atoms with van der Waals surface area (Å²) in [6.45, 7) is 0. The first-order chi connectivity index (χ1) is 24.8. The van der Waals surface area contributed by atoms with Gasteiger partial charge in [0.1, 0.15) is 0 Å². The largest absolute Gasteiger partial charge is 0.310 e. The lowest BCUT2D eigenvalue weighted by molar-refractivity contribution is 1.17. The second-order valence-electron chi connectivity index (χ2n) is 12.6. The van der Waals surface area contributed by atoms with Crippen molar-refractivity contribution in [2.45, 2.75) is 0 Å². The molecule has 1 aromatic heterocycles. The second-order valence-corrected chi connectivity index (χ2v) is 12.6. The number of rotatable bonds is 7. The van der Waals surface area contributed by atoms with Gasteiger partial charge in [0.2, 0.25) is 0 Å². The van der Waals surface area contributed by atoms with Gasteiger partial charge < -0.3 is 9.47 Å². The minimum Gasteiger partial charge on any atom is -0.310 e. The van der Waals surface area contributed by atoms with Crippen LogP contribution in [0.3, 0.4) is 0 Å². The van der Waals surface area contributed by atoms with Crippen molar-refractivity contribution < 1.29 is 0 Å². The van der Waals surface area contributed by atoms with E-state index in [0.29, 0.717) is 0 Å². The Balaban J connectivity index is 1.22. The van der Waals surface area contributed by atoms with Gasteiger partial charge in [-0.05, 0) is 100 Å². The molecule has 1 heterocycles. The number of benzene rings is 8. The van der Waals surface area contributed by atoms with Gasteiger partial charge in [0.05, 0.1) is 11.0 Å². The molecule has 0 bridgehead atoms. The van der Waals surface area contributed by atoms with Gasteiger partial charge in [-0.3, -0.25) is 0 Å². The summed E-state index contributed by atoms with van der Waals surface area (Å²) in [5.41, 5.74) is 14.0. The van der Waals surface area contributed by atoms with E-state index in [1.54, 1.807) is 0 Å². The molecule has 50 heavy (non-hydrogen) atoms. The van der Waals surface area contributed by atoms with E-state index >= 15 is 0 Å². The maximum Gasteiger partial charge on any atom is 0.0541 e. The zero-order valence-corrected chi connectivity index (χ0v) is 27.5. The standard InChI is InChI=1S/C48H34N2/c1-4-14-35(15-5-1)38-24-26-41(27-25-38)49(44-33-39(36-16-6-2-7-17-36)32-40(34-44)37-18-8-3-9-19-37)42-28-30-43(31-29-42)50-47-22-12-10-20-45(47)46-21-11-13-23-48(46)50/h1-34H. The molecule has 9 aromatic rings. The number of hydrogen-bond donors (Lipinski definition) is 0. The molecule has 0 spiro atoms. The summed E-state index contributed by atoms with van der Waals surface area (Å²) in [5, 5.41) is 2.52. The number of para-hydroxylation sites is 2. The number of hydrogen-bond acceptors (Lipinski definition) is 1. The Bertz CT molecular complexity index is 2440. The SMILES string of the molecule is c1ccc(-c2ccc(N(c3ccc(-n4c5ccccc5c5ccccc54)cc3)c3cc(-c4ccccc4)cc(-c4ccccc4)c3)cc2)cc1. The molecule has 0 N–H and O–H groups in total. The normalized spacial score (nSPS) is 11.2. The highest BCUT2D eigenvalue weighted by Gasteiger charge is 2.17. The minimum atomic E-state index is 1.09. The van der Waals surface area contributed by atoms with Crippen LogP contribution < -0.4 is 4.90 Å². The van der Waals surface area contributed by atoms with Crippen LogP contribution in [0.4, 0.5) is 17.1 Å². The van der Waals surface area contributed by atoms with E-state index in [2.05, 4.69) is 216 Å². The lowest BCUT2D eigenvalue weighted by atomic mass is 9.97. The summed E-state index contributed by atoms with van der Waals surface area (Å²) in [6.07, 6.45) is 0. The highest BCUT2D eigenvalue weighted by Crippen LogP contribution is 2.41. The van der Waals surface area contributed by atoms with Crippen molar-refractivity contribution in [3.63, 3.8) is 0 Å². The van der Waals surface area contributed by atoms with E-state index in [4.69, 9.17) is 0 Å². The van der Waals surface area contributed by atoms with Gasteiger partial charge in [0, 0.05) is 33.5 Å². The molecule has 2 heteroatoms. The van der Waals surface area contributed by atoms with Crippen molar-refractivity contribution in [1.82, 2.24) is 4.57 Å². The molecule has 236 valence electrons. The maximum atomic E-state index is 2.38. The van der Waals surface area contributed by atoms with Crippen LogP contribution in [0.15, 0.2) is 206 Å². The third-order valence-corrected chi connectivity index (χ3v) is 9.57. The third kappa shape index (κ3) is 5.43. The topological polar surface area (TPSA) is 8.17 Å². The molecule has 0 aliphatic heterocycles. The molecule has 9 rings (SSSR count). The van der Waals surface area contributed by atoms with Crippen molar-refractivity contribution in [1.29, 1.82) is 0 Å². The van der Waals surface area contributed by atoms with E-state index in [1.165, 1.54) is 55.2 Å². The van der Waals surface area contributed by atoms with Crippen LogP contribution in [0.25, 0.3) is 60.9 Å². The van der Waals surface area contributed by atoms with Crippen molar-refractivity contribution in [3.8, 4) is 39.1 Å². The fourth-order valence-corrected chi connectivity index (χ4v) is 7.17. The van der Waals surface area contributed by atoms with E-state index in [0.717, 1.165) is 22.7 Å². The Morgan fingerprint density at radius 3 is 1.14 bits per heavy atom. The molecule has 0 saturated carbocycles. The third-order valence-electron chi connectivity index (χ3n) is 9.57. The Labute approximate surface area is 292 Å². The maximum absolute atomic E-state index is 2.38. The van der Waals surface area contributed by atoms with Gasteiger partial charge >= 0.3 is 0 Å². The van der Waals surface area contributed by atoms with Crippen LogP contribution in [0.2, 0.25) is 0 Å². The highest BCUT2D eigenvalue weighted by atomic mass is 15.1. The van der Waals surface area contributed by atoms with Gasteiger partial charge in [-0.1, -0.05) is 140 Å². The van der Waals surface area contributed by atoms with Crippen LogP contribution in [0, 0.1) is 0 Å². The molecule has 2 nitrogen and oxygen atoms in total.